The van der Waals surface area contributed by atoms with E-state index in [0.29, 0.717) is 43.6 Å². The van der Waals surface area contributed by atoms with E-state index >= 15 is 0 Å². The summed E-state index contributed by atoms with van der Waals surface area (Å²) in [6, 6.07) is 18.4. The maximum Gasteiger partial charge on any atom is 0.160 e. The molecule has 8 heteroatoms. The van der Waals surface area contributed by atoms with E-state index in [1.54, 1.807) is 106 Å². The largest absolute Gasteiger partial charge is 0.454 e. The molecule has 0 radical (unpaired) electrons. The van der Waals surface area contributed by atoms with Gasteiger partial charge in [-0.15, -0.1) is 0 Å². The van der Waals surface area contributed by atoms with Gasteiger partial charge in [0.25, 0.3) is 0 Å². The molecule has 6 aromatic heterocycles. The van der Waals surface area contributed by atoms with E-state index in [1.165, 1.54) is 9.13 Å². The van der Waals surface area contributed by atoms with Gasteiger partial charge in [-0.25, -0.2) is 0 Å². The third-order valence-corrected chi connectivity index (χ3v) is 14.6. The molecule has 0 spiro atoms. The van der Waals surface area contributed by atoms with Crippen molar-refractivity contribution in [2.75, 3.05) is 0 Å². The highest BCUT2D eigenvalue weighted by Crippen LogP contribution is 2.51. The lowest BCUT2D eigenvalue weighted by Crippen LogP contribution is -2.16. The van der Waals surface area contributed by atoms with Crippen LogP contribution in [0.3, 0.4) is 0 Å². The highest BCUT2D eigenvalue weighted by Gasteiger charge is 2.35. The van der Waals surface area contributed by atoms with Crippen LogP contribution in [0.4, 0.5) is 0 Å². The van der Waals surface area contributed by atoms with Crippen molar-refractivity contribution in [3.8, 4) is 34.9 Å². The van der Waals surface area contributed by atoms with Crippen LogP contribution in [0.15, 0.2) is 227 Å². The van der Waals surface area contributed by atoms with Gasteiger partial charge in [0.2, 0.25) is 0 Å². The molecular formula is C68H36N6O2. The minimum atomic E-state index is -0.817. The Morgan fingerprint density at radius 1 is 0.303 bits per heavy atom. The second kappa shape index (κ2) is 14.9. The molecule has 0 bridgehead atoms. The van der Waals surface area contributed by atoms with Crippen molar-refractivity contribution in [3.05, 3.63) is 229 Å². The molecule has 76 heavy (non-hydrogen) atoms. The van der Waals surface area contributed by atoms with Gasteiger partial charge in [0.05, 0.1) is 94.3 Å². The lowest BCUT2D eigenvalue weighted by molar-refractivity contribution is 0.670. The molecule has 0 amide bonds. The van der Waals surface area contributed by atoms with Gasteiger partial charge < -0.3 is 27.1 Å². The first-order valence-electron chi connectivity index (χ1n) is 33.8. The normalized spacial score (nSPS) is 15.9. The smallest absolute Gasteiger partial charge is 0.160 e. The zero-order chi connectivity index (χ0) is 67.3. The van der Waals surface area contributed by atoms with Crippen LogP contribution in [0, 0.1) is 22.7 Å². The Hall–Kier alpha value is -10.8. The van der Waals surface area contributed by atoms with E-state index in [2.05, 4.69) is 12.1 Å². The molecule has 0 aliphatic rings. The Balaban J connectivity index is 1.27. The Kier molecular flexibility index (Phi) is 5.14. The van der Waals surface area contributed by atoms with Gasteiger partial charge in [0, 0.05) is 64.6 Å². The molecule has 0 aliphatic carbocycles. The molecule has 0 fully saturated rings. The summed E-state index contributed by atoms with van der Waals surface area (Å²) in [7, 11) is 0. The average Bonchev–Trinajstić information content (AvgIpc) is 1.49. The predicted octanol–water partition coefficient (Wildman–Crippen LogP) is 17.6. The number of hydrogen-bond acceptors (Lipinski definition) is 4. The number of benzene rings is 11. The van der Waals surface area contributed by atoms with Crippen molar-refractivity contribution in [1.82, 2.24) is 18.3 Å². The fourth-order valence-electron chi connectivity index (χ4n) is 11.7. The van der Waals surface area contributed by atoms with Crippen LogP contribution < -0.4 is 0 Å². The fourth-order valence-corrected chi connectivity index (χ4v) is 11.7. The molecule has 350 valence electrons. The molecule has 0 saturated heterocycles. The second-order valence-corrected chi connectivity index (χ2v) is 18.2. The summed E-state index contributed by atoms with van der Waals surface area (Å²) in [6.07, 6.45) is 0. The van der Waals surface area contributed by atoms with Crippen LogP contribution in [-0.2, 0) is 0 Å². The van der Waals surface area contributed by atoms with Gasteiger partial charge in [-0.2, -0.15) is 10.5 Å². The number of para-hydroxylation sites is 8. The number of rotatable bonds is 4. The van der Waals surface area contributed by atoms with Crippen molar-refractivity contribution in [2.45, 2.75) is 0 Å². The topological polar surface area (TPSA) is 93.6 Å². The molecule has 0 unspecified atom stereocenters. The molecule has 8 nitrogen and oxygen atoms in total. The van der Waals surface area contributed by atoms with E-state index in [1.807, 2.05) is 0 Å². The molecule has 0 atom stereocenters. The first kappa shape index (κ1) is 26.2. The van der Waals surface area contributed by atoms with Crippen LogP contribution >= 0.6 is 0 Å². The Labute approximate surface area is 459 Å². The number of aromatic nitrogens is 4. The quantitative estimate of drug-likeness (QED) is 0.176. The minimum Gasteiger partial charge on any atom is -0.454 e. The Bertz CT molecular complexity index is 6250. The molecule has 6 heterocycles. The summed E-state index contributed by atoms with van der Waals surface area (Å²) >= 11 is 0. The van der Waals surface area contributed by atoms with Crippen molar-refractivity contribution in [2.24, 2.45) is 0 Å². The predicted molar refractivity (Wildman–Crippen MR) is 308 cm³/mol. The van der Waals surface area contributed by atoms with Gasteiger partial charge in [0.15, 0.2) is 11.2 Å². The molecule has 17 aromatic rings. The molecule has 0 saturated carbocycles. The zero-order valence-electron chi connectivity index (χ0n) is 58.7. The molecule has 17 rings (SSSR count). The summed E-state index contributed by atoms with van der Waals surface area (Å²) in [6.45, 7) is 0. The van der Waals surface area contributed by atoms with Crippen molar-refractivity contribution in [3.63, 3.8) is 0 Å². The zero-order valence-corrected chi connectivity index (χ0v) is 38.7. The van der Waals surface area contributed by atoms with E-state index in [9.17, 15) is 32.5 Å². The lowest BCUT2D eigenvalue weighted by atomic mass is 9.98. The van der Waals surface area contributed by atoms with Crippen molar-refractivity contribution >= 4 is 131 Å². The standard InChI is InChI=1S/C68H36N6O2/c69-37-51-61(71-53-25-9-1-17-39(53)40-18-2-10-26-54(40)71)63(73-57-29-13-5-21-43(57)47-33-35-49-45-23-7-15-31-59(45)75-67(49)65(47)73)52(38-70)62(72-55-27-11-3-19-41(55)42-20-4-12-28-56(42)72)64(51)74-58-30-14-6-22-44(58)48-34-36-50-46-24-8-16-32-60(46)76-68(50)66(48)74/h1-36H/i5D,6D,7D,8D,13D,14D,15D,16D,21D,22D,23D,24D,29D,30D,31D,32D,33D,34D,35D,36D. The van der Waals surface area contributed by atoms with Crippen LogP contribution in [-0.4, -0.2) is 18.3 Å². The maximum atomic E-state index is 13.1. The monoisotopic (exact) mass is 988 g/mol. The molecule has 11 aromatic carbocycles. The minimum absolute atomic E-state index is 0.299. The van der Waals surface area contributed by atoms with Crippen LogP contribution in [0.25, 0.3) is 154 Å². The van der Waals surface area contributed by atoms with Gasteiger partial charge in [0.1, 0.15) is 34.4 Å². The third kappa shape index (κ3) is 5.09. The SMILES string of the molecule is [2H]c1c([2H])c([2H])c2c(oc3c2c([2H])c([2H])c2c4c([2H])c([2H])c([2H])c([2H])c4n(-c4c(C#N)c(-n5c6ccccc6c6ccccc65)c(-n5c6c([2H])c([2H])c([2H])c([2H])c6c6c([2H])c([2H])c7c(oc8c([2H])c([2H])c([2H])c([2H])c87)c65)c(C#N)c4-n4c5ccccc5c5ccccc54)c32)c1[2H]. The second-order valence-electron chi connectivity index (χ2n) is 18.2. The summed E-state index contributed by atoms with van der Waals surface area (Å²) in [4.78, 5) is 0. The van der Waals surface area contributed by atoms with E-state index in [0.717, 1.165) is 0 Å². The molecule has 0 N–H and O–H groups in total. The molecule has 0 aliphatic heterocycles. The summed E-state index contributed by atoms with van der Waals surface area (Å²) in [5.41, 5.74) is -4.44. The van der Waals surface area contributed by atoms with Crippen molar-refractivity contribution in [1.29, 1.82) is 10.5 Å². The average molecular weight is 989 g/mol. The number of fused-ring (bicyclic) bond motifs is 20. The summed E-state index contributed by atoms with van der Waals surface area (Å²) in [5.74, 6) is 0. The maximum absolute atomic E-state index is 13.1. The van der Waals surface area contributed by atoms with Crippen LogP contribution in [0.2, 0.25) is 0 Å². The van der Waals surface area contributed by atoms with E-state index in [-0.39, 0.29) is 76.9 Å². The number of nitrogens with zero attached hydrogens (tertiary/aromatic N) is 6. The van der Waals surface area contributed by atoms with Gasteiger partial charge >= 0.3 is 0 Å². The number of furan rings is 2. The van der Waals surface area contributed by atoms with Gasteiger partial charge in [-0.05, 0) is 60.5 Å². The number of nitriles is 2. The van der Waals surface area contributed by atoms with Gasteiger partial charge in [-0.1, -0.05) is 157 Å². The summed E-state index contributed by atoms with van der Waals surface area (Å²) in [5, 5.41) is 25.6. The Morgan fingerprint density at radius 3 is 1.00 bits per heavy atom. The highest BCUT2D eigenvalue weighted by molar-refractivity contribution is 6.24. The van der Waals surface area contributed by atoms with Gasteiger partial charge in [-0.3, -0.25) is 0 Å². The van der Waals surface area contributed by atoms with E-state index < -0.39 is 165 Å². The van der Waals surface area contributed by atoms with Crippen molar-refractivity contribution < 1.29 is 36.2 Å². The summed E-state index contributed by atoms with van der Waals surface area (Å²) < 4.78 is 208. The fraction of sp³-hybridized carbons (Fsp3) is 0. The Morgan fingerprint density at radius 2 is 0.618 bits per heavy atom. The highest BCUT2D eigenvalue weighted by atomic mass is 16.3. The lowest BCUT2D eigenvalue weighted by Gasteiger charge is -2.27. The number of hydrogen-bond donors (Lipinski definition) is 0. The molecular weight excluding hydrogens is 933 g/mol. The third-order valence-electron chi connectivity index (χ3n) is 14.6. The van der Waals surface area contributed by atoms with Crippen LogP contribution in [0.5, 0.6) is 0 Å². The first-order valence-corrected chi connectivity index (χ1v) is 23.8. The van der Waals surface area contributed by atoms with Crippen LogP contribution in [0.1, 0.15) is 38.5 Å². The first-order chi connectivity index (χ1) is 46.0. The van der Waals surface area contributed by atoms with E-state index in [4.69, 9.17) is 14.3 Å².